The van der Waals surface area contributed by atoms with Crippen molar-refractivity contribution in [3.8, 4) is 5.75 Å². The second-order valence-electron chi connectivity index (χ2n) is 6.08. The Hall–Kier alpha value is -1.80. The average molecular weight is 279 g/mol. The zero-order valence-electron chi connectivity index (χ0n) is 12.5. The maximum absolute atomic E-state index is 5.61. The van der Waals surface area contributed by atoms with E-state index in [1.54, 1.807) is 7.11 Å². The third-order valence-corrected chi connectivity index (χ3v) is 5.03. The molecule has 108 valence electrons. The smallest absolute Gasteiger partial charge is 0.122 e. The molecule has 2 aromatic rings. The van der Waals surface area contributed by atoms with Gasteiger partial charge in [0.25, 0.3) is 0 Å². The molecule has 0 radical (unpaired) electrons. The molecule has 2 nitrogen and oxygen atoms in total. The van der Waals surface area contributed by atoms with E-state index in [0.717, 1.165) is 12.3 Å². The van der Waals surface area contributed by atoms with E-state index < -0.39 is 0 Å². The van der Waals surface area contributed by atoms with Crippen molar-refractivity contribution in [1.29, 1.82) is 0 Å². The Morgan fingerprint density at radius 1 is 0.952 bits per heavy atom. The molecule has 0 spiro atoms. The van der Waals surface area contributed by atoms with E-state index in [1.807, 2.05) is 0 Å². The SMILES string of the molecule is COc1ccccc1[C@@H]1CN2CCC[C@@H]2c2ccccc21. The second kappa shape index (κ2) is 5.19. The van der Waals surface area contributed by atoms with Gasteiger partial charge in [0.15, 0.2) is 0 Å². The Bertz CT molecular complexity index is 652. The summed E-state index contributed by atoms with van der Waals surface area (Å²) in [6, 6.07) is 18.1. The molecule has 2 heteroatoms. The molecule has 2 aliphatic heterocycles. The molecule has 0 amide bonds. The van der Waals surface area contributed by atoms with Gasteiger partial charge in [0.05, 0.1) is 7.11 Å². The average Bonchev–Trinajstić information content (AvgIpc) is 3.03. The number of hydrogen-bond donors (Lipinski definition) is 0. The monoisotopic (exact) mass is 279 g/mol. The molecule has 2 heterocycles. The number of ether oxygens (including phenoxy) is 1. The highest BCUT2D eigenvalue weighted by atomic mass is 16.5. The molecular formula is C19H21NO. The summed E-state index contributed by atoms with van der Waals surface area (Å²) in [5.74, 6) is 1.43. The topological polar surface area (TPSA) is 12.5 Å². The van der Waals surface area contributed by atoms with Crippen molar-refractivity contribution in [2.45, 2.75) is 24.8 Å². The van der Waals surface area contributed by atoms with E-state index in [-0.39, 0.29) is 0 Å². The second-order valence-corrected chi connectivity index (χ2v) is 6.08. The highest BCUT2D eigenvalue weighted by Gasteiger charge is 2.36. The van der Waals surface area contributed by atoms with Crippen LogP contribution in [0.2, 0.25) is 0 Å². The zero-order valence-corrected chi connectivity index (χ0v) is 12.5. The van der Waals surface area contributed by atoms with E-state index in [2.05, 4.69) is 53.4 Å². The Morgan fingerprint density at radius 2 is 1.67 bits per heavy atom. The molecule has 0 saturated carbocycles. The van der Waals surface area contributed by atoms with Gasteiger partial charge in [0.1, 0.15) is 5.75 Å². The first kappa shape index (κ1) is 12.9. The molecule has 2 aliphatic rings. The quantitative estimate of drug-likeness (QED) is 0.824. The van der Waals surface area contributed by atoms with Crippen LogP contribution in [0.4, 0.5) is 0 Å². The van der Waals surface area contributed by atoms with Gasteiger partial charge < -0.3 is 4.74 Å². The van der Waals surface area contributed by atoms with Crippen molar-refractivity contribution >= 4 is 0 Å². The molecule has 2 atom stereocenters. The van der Waals surface area contributed by atoms with Gasteiger partial charge in [-0.1, -0.05) is 42.5 Å². The van der Waals surface area contributed by atoms with E-state index in [9.17, 15) is 0 Å². The van der Waals surface area contributed by atoms with Gasteiger partial charge in [-0.25, -0.2) is 0 Å². The first-order chi connectivity index (χ1) is 10.4. The Balaban J connectivity index is 1.84. The van der Waals surface area contributed by atoms with Crippen LogP contribution in [0, 0.1) is 0 Å². The Morgan fingerprint density at radius 3 is 2.48 bits per heavy atom. The van der Waals surface area contributed by atoms with Gasteiger partial charge in [0.2, 0.25) is 0 Å². The van der Waals surface area contributed by atoms with Crippen LogP contribution < -0.4 is 4.74 Å². The van der Waals surface area contributed by atoms with E-state index in [4.69, 9.17) is 4.74 Å². The molecule has 21 heavy (non-hydrogen) atoms. The number of methoxy groups -OCH3 is 1. The first-order valence-electron chi connectivity index (χ1n) is 7.84. The minimum Gasteiger partial charge on any atom is -0.496 e. The van der Waals surface area contributed by atoms with Gasteiger partial charge >= 0.3 is 0 Å². The van der Waals surface area contributed by atoms with Crippen molar-refractivity contribution in [2.24, 2.45) is 0 Å². The van der Waals surface area contributed by atoms with Crippen LogP contribution in [-0.4, -0.2) is 25.1 Å². The number of fused-ring (bicyclic) bond motifs is 3. The largest absolute Gasteiger partial charge is 0.496 e. The highest BCUT2D eigenvalue weighted by Crippen LogP contribution is 2.45. The minimum atomic E-state index is 0.423. The molecule has 2 aromatic carbocycles. The predicted octanol–water partition coefficient (Wildman–Crippen LogP) is 3.98. The standard InChI is InChI=1S/C19H21NO/c1-21-19-11-5-4-9-16(19)17-13-20-12-6-10-18(20)15-8-3-2-7-14(15)17/h2-5,7-9,11,17-18H,6,10,12-13H2,1H3/t17-,18-/m1/s1. The normalized spacial score (nSPS) is 24.4. The van der Waals surface area contributed by atoms with Crippen molar-refractivity contribution in [3.05, 3.63) is 65.2 Å². The third kappa shape index (κ3) is 2.06. The summed E-state index contributed by atoms with van der Waals surface area (Å²) in [4.78, 5) is 2.65. The molecule has 4 rings (SSSR count). The zero-order chi connectivity index (χ0) is 14.2. The van der Waals surface area contributed by atoms with Gasteiger partial charge in [-0.3, -0.25) is 4.90 Å². The van der Waals surface area contributed by atoms with Crippen molar-refractivity contribution < 1.29 is 4.74 Å². The fraction of sp³-hybridized carbons (Fsp3) is 0.368. The third-order valence-electron chi connectivity index (χ3n) is 5.03. The predicted molar refractivity (Wildman–Crippen MR) is 84.8 cm³/mol. The van der Waals surface area contributed by atoms with E-state index in [0.29, 0.717) is 12.0 Å². The summed E-state index contributed by atoms with van der Waals surface area (Å²) in [5.41, 5.74) is 4.33. The lowest BCUT2D eigenvalue weighted by molar-refractivity contribution is 0.229. The lowest BCUT2D eigenvalue weighted by Gasteiger charge is -2.37. The lowest BCUT2D eigenvalue weighted by atomic mass is 9.81. The van der Waals surface area contributed by atoms with Gasteiger partial charge in [-0.05, 0) is 36.6 Å². The van der Waals surface area contributed by atoms with Crippen LogP contribution in [-0.2, 0) is 0 Å². The fourth-order valence-corrected chi connectivity index (χ4v) is 4.08. The van der Waals surface area contributed by atoms with Crippen molar-refractivity contribution in [2.75, 3.05) is 20.2 Å². The van der Waals surface area contributed by atoms with Gasteiger partial charge in [-0.15, -0.1) is 0 Å². The summed E-state index contributed by atoms with van der Waals surface area (Å²) in [6.45, 7) is 2.34. The minimum absolute atomic E-state index is 0.423. The molecule has 1 fully saturated rings. The highest BCUT2D eigenvalue weighted by molar-refractivity contribution is 5.47. The maximum Gasteiger partial charge on any atom is 0.122 e. The van der Waals surface area contributed by atoms with E-state index in [1.165, 1.54) is 36.1 Å². The van der Waals surface area contributed by atoms with E-state index >= 15 is 0 Å². The van der Waals surface area contributed by atoms with Crippen LogP contribution in [0.3, 0.4) is 0 Å². The lowest BCUT2D eigenvalue weighted by Crippen LogP contribution is -2.34. The van der Waals surface area contributed by atoms with Crippen LogP contribution in [0.5, 0.6) is 5.75 Å². The number of rotatable bonds is 2. The Kier molecular flexibility index (Phi) is 3.19. The maximum atomic E-state index is 5.61. The van der Waals surface area contributed by atoms with Crippen LogP contribution in [0.25, 0.3) is 0 Å². The first-order valence-corrected chi connectivity index (χ1v) is 7.84. The molecule has 1 saturated heterocycles. The van der Waals surface area contributed by atoms with Gasteiger partial charge in [-0.2, -0.15) is 0 Å². The number of nitrogens with zero attached hydrogens (tertiary/aromatic N) is 1. The number of para-hydroxylation sites is 1. The number of benzene rings is 2. The molecule has 0 aromatic heterocycles. The van der Waals surface area contributed by atoms with Crippen LogP contribution >= 0.6 is 0 Å². The number of hydrogen-bond acceptors (Lipinski definition) is 2. The molecular weight excluding hydrogens is 258 g/mol. The summed E-state index contributed by atoms with van der Waals surface area (Å²) < 4.78 is 5.61. The summed E-state index contributed by atoms with van der Waals surface area (Å²) >= 11 is 0. The molecule has 0 N–H and O–H groups in total. The van der Waals surface area contributed by atoms with Crippen LogP contribution in [0.1, 0.15) is 41.5 Å². The van der Waals surface area contributed by atoms with Crippen LogP contribution in [0.15, 0.2) is 48.5 Å². The summed E-state index contributed by atoms with van der Waals surface area (Å²) in [6.07, 6.45) is 2.62. The Labute approximate surface area is 126 Å². The molecule has 0 bridgehead atoms. The van der Waals surface area contributed by atoms with Crippen molar-refractivity contribution in [1.82, 2.24) is 4.90 Å². The molecule has 0 unspecified atom stereocenters. The summed E-state index contributed by atoms with van der Waals surface area (Å²) in [7, 11) is 1.77. The van der Waals surface area contributed by atoms with Crippen molar-refractivity contribution in [3.63, 3.8) is 0 Å². The van der Waals surface area contributed by atoms with Gasteiger partial charge in [0, 0.05) is 24.1 Å². The summed E-state index contributed by atoms with van der Waals surface area (Å²) in [5, 5.41) is 0. The fourth-order valence-electron chi connectivity index (χ4n) is 4.08. The molecule has 0 aliphatic carbocycles.